The second kappa shape index (κ2) is 5.00. The summed E-state index contributed by atoms with van der Waals surface area (Å²) in [7, 11) is -3.94. The highest BCUT2D eigenvalue weighted by molar-refractivity contribution is 7.91. The molecule has 0 radical (unpaired) electrons. The van der Waals surface area contributed by atoms with Gasteiger partial charge in [0.25, 0.3) is 0 Å². The van der Waals surface area contributed by atoms with Gasteiger partial charge in [0, 0.05) is 5.69 Å². The summed E-state index contributed by atoms with van der Waals surface area (Å²) in [6.07, 6.45) is 0.353. The smallest absolute Gasteiger partial charge is 0.184 e. The summed E-state index contributed by atoms with van der Waals surface area (Å²) in [5.41, 5.74) is 5.08. The molecule has 0 heterocycles. The number of nitrogen functional groups attached to an aromatic ring is 1. The highest BCUT2D eigenvalue weighted by Gasteiger charge is 2.24. The van der Waals surface area contributed by atoms with Gasteiger partial charge in [-0.1, -0.05) is 13.8 Å². The second-order valence-corrected chi connectivity index (χ2v) is 6.36. The van der Waals surface area contributed by atoms with Gasteiger partial charge >= 0.3 is 0 Å². The van der Waals surface area contributed by atoms with Gasteiger partial charge in [0.05, 0.1) is 5.75 Å². The first-order valence-corrected chi connectivity index (χ1v) is 6.86. The van der Waals surface area contributed by atoms with Crippen molar-refractivity contribution in [3.05, 3.63) is 23.8 Å². The summed E-state index contributed by atoms with van der Waals surface area (Å²) in [4.78, 5) is -0.882. The maximum absolute atomic E-state index is 13.4. The van der Waals surface area contributed by atoms with Crippen LogP contribution in [0.1, 0.15) is 20.3 Å². The molecular weight excluding hydrogens is 248 g/mol. The molecule has 0 amide bonds. The van der Waals surface area contributed by atoms with E-state index in [1.54, 1.807) is 0 Å². The van der Waals surface area contributed by atoms with Gasteiger partial charge in [0.2, 0.25) is 0 Å². The fraction of sp³-hybridized carbons (Fsp3) is 0.455. The summed E-state index contributed by atoms with van der Waals surface area (Å²) in [5, 5.41) is 0. The zero-order chi connectivity index (χ0) is 13.2. The van der Waals surface area contributed by atoms with Crippen molar-refractivity contribution < 1.29 is 17.2 Å². The zero-order valence-corrected chi connectivity index (χ0v) is 10.5. The van der Waals surface area contributed by atoms with Crippen LogP contribution >= 0.6 is 0 Å². The van der Waals surface area contributed by atoms with E-state index in [4.69, 9.17) is 5.73 Å². The molecule has 1 rings (SSSR count). The molecule has 0 saturated carbocycles. The lowest BCUT2D eigenvalue weighted by Crippen LogP contribution is -2.13. The van der Waals surface area contributed by atoms with Crippen LogP contribution in [0.5, 0.6) is 0 Å². The van der Waals surface area contributed by atoms with Gasteiger partial charge in [-0.25, -0.2) is 17.2 Å². The van der Waals surface area contributed by atoms with Crippen molar-refractivity contribution in [2.75, 3.05) is 11.5 Å². The Hall–Kier alpha value is -1.17. The average Bonchev–Trinajstić information content (AvgIpc) is 2.12. The molecular formula is C11H15F2NO2S. The van der Waals surface area contributed by atoms with Gasteiger partial charge in [0.1, 0.15) is 16.5 Å². The molecule has 1 aromatic carbocycles. The first-order valence-electron chi connectivity index (χ1n) is 5.21. The third-order valence-corrected chi connectivity index (χ3v) is 4.08. The fourth-order valence-corrected chi connectivity index (χ4v) is 3.07. The minimum Gasteiger partial charge on any atom is -0.399 e. The highest BCUT2D eigenvalue weighted by atomic mass is 32.2. The van der Waals surface area contributed by atoms with Crippen LogP contribution in [-0.2, 0) is 9.84 Å². The third kappa shape index (κ3) is 3.39. The quantitative estimate of drug-likeness (QED) is 0.848. The molecule has 0 aliphatic carbocycles. The molecule has 17 heavy (non-hydrogen) atoms. The lowest BCUT2D eigenvalue weighted by molar-refractivity contribution is 0.516. The van der Waals surface area contributed by atoms with E-state index >= 15 is 0 Å². The minimum absolute atomic E-state index is 0.136. The molecule has 3 nitrogen and oxygen atoms in total. The summed E-state index contributed by atoms with van der Waals surface area (Å²) in [6.45, 7) is 3.68. The average molecular weight is 263 g/mol. The van der Waals surface area contributed by atoms with Crippen molar-refractivity contribution in [3.63, 3.8) is 0 Å². The Morgan fingerprint density at radius 3 is 2.12 bits per heavy atom. The second-order valence-electron chi connectivity index (χ2n) is 4.32. The predicted molar refractivity (Wildman–Crippen MR) is 62.3 cm³/mol. The van der Waals surface area contributed by atoms with Crippen molar-refractivity contribution in [1.29, 1.82) is 0 Å². The molecule has 96 valence electrons. The Labute approximate surface area is 99.6 Å². The van der Waals surface area contributed by atoms with E-state index in [1.807, 2.05) is 13.8 Å². The number of anilines is 1. The monoisotopic (exact) mass is 263 g/mol. The van der Waals surface area contributed by atoms with Crippen LogP contribution in [0.25, 0.3) is 0 Å². The number of sulfone groups is 1. The maximum atomic E-state index is 13.4. The number of hydrogen-bond acceptors (Lipinski definition) is 3. The number of halogens is 2. The van der Waals surface area contributed by atoms with Gasteiger partial charge < -0.3 is 5.73 Å². The molecule has 6 heteroatoms. The van der Waals surface area contributed by atoms with Crippen molar-refractivity contribution in [2.24, 2.45) is 5.92 Å². The summed E-state index contributed by atoms with van der Waals surface area (Å²) in [6, 6.07) is 1.62. The standard InChI is InChI=1S/C11H15F2NO2S/c1-7(2)3-4-17(15,16)11-9(12)5-8(14)6-10(11)13/h5-7H,3-4,14H2,1-2H3. The van der Waals surface area contributed by atoms with E-state index in [9.17, 15) is 17.2 Å². The Morgan fingerprint density at radius 1 is 1.24 bits per heavy atom. The lowest BCUT2D eigenvalue weighted by atomic mass is 10.2. The predicted octanol–water partition coefficient (Wildman–Crippen LogP) is 2.37. The Kier molecular flexibility index (Phi) is 4.08. The van der Waals surface area contributed by atoms with E-state index in [0.717, 1.165) is 12.1 Å². The number of hydrogen-bond donors (Lipinski definition) is 1. The summed E-state index contributed by atoms with van der Waals surface area (Å²) >= 11 is 0. The van der Waals surface area contributed by atoms with E-state index in [0.29, 0.717) is 6.42 Å². The van der Waals surface area contributed by atoms with Gasteiger partial charge in [-0.2, -0.15) is 0 Å². The lowest BCUT2D eigenvalue weighted by Gasteiger charge is -2.09. The van der Waals surface area contributed by atoms with Crippen LogP contribution in [0, 0.1) is 17.6 Å². The maximum Gasteiger partial charge on any atom is 0.184 e. The molecule has 0 saturated heterocycles. The van der Waals surface area contributed by atoms with E-state index in [1.165, 1.54) is 0 Å². The highest BCUT2D eigenvalue weighted by Crippen LogP contribution is 2.23. The normalized spacial score (nSPS) is 12.1. The van der Waals surface area contributed by atoms with E-state index < -0.39 is 26.4 Å². The molecule has 2 N–H and O–H groups in total. The van der Waals surface area contributed by atoms with Gasteiger partial charge in [-0.3, -0.25) is 0 Å². The molecule has 0 fully saturated rings. The topological polar surface area (TPSA) is 60.2 Å². The van der Waals surface area contributed by atoms with Gasteiger partial charge in [-0.05, 0) is 24.5 Å². The molecule has 0 aliphatic rings. The van der Waals surface area contributed by atoms with E-state index in [2.05, 4.69) is 0 Å². The van der Waals surface area contributed by atoms with Crippen LogP contribution in [0.3, 0.4) is 0 Å². The summed E-state index contributed by atoms with van der Waals surface area (Å²) in [5.74, 6) is -2.40. The summed E-state index contributed by atoms with van der Waals surface area (Å²) < 4.78 is 50.4. The van der Waals surface area contributed by atoms with Crippen LogP contribution in [0.2, 0.25) is 0 Å². The van der Waals surface area contributed by atoms with Crippen molar-refractivity contribution >= 4 is 15.5 Å². The van der Waals surface area contributed by atoms with Crippen LogP contribution < -0.4 is 5.73 Å². The van der Waals surface area contributed by atoms with Crippen molar-refractivity contribution in [3.8, 4) is 0 Å². The fourth-order valence-electron chi connectivity index (χ4n) is 1.37. The molecule has 0 aromatic heterocycles. The first-order chi connectivity index (χ1) is 7.74. The zero-order valence-electron chi connectivity index (χ0n) is 9.70. The largest absolute Gasteiger partial charge is 0.399 e. The van der Waals surface area contributed by atoms with Crippen molar-refractivity contribution in [2.45, 2.75) is 25.2 Å². The number of rotatable bonds is 4. The third-order valence-electron chi connectivity index (χ3n) is 2.30. The van der Waals surface area contributed by atoms with Gasteiger partial charge in [-0.15, -0.1) is 0 Å². The van der Waals surface area contributed by atoms with Gasteiger partial charge in [0.15, 0.2) is 9.84 Å². The number of benzene rings is 1. The Bertz CT molecular complexity index is 489. The van der Waals surface area contributed by atoms with Crippen LogP contribution in [0.15, 0.2) is 17.0 Å². The molecule has 0 atom stereocenters. The molecule has 1 aromatic rings. The van der Waals surface area contributed by atoms with Crippen LogP contribution in [0.4, 0.5) is 14.5 Å². The van der Waals surface area contributed by atoms with Crippen LogP contribution in [-0.4, -0.2) is 14.2 Å². The minimum atomic E-state index is -3.94. The molecule has 0 bridgehead atoms. The Balaban J connectivity index is 3.16. The SMILES string of the molecule is CC(C)CCS(=O)(=O)c1c(F)cc(N)cc1F. The molecule has 0 unspecified atom stereocenters. The molecule has 0 spiro atoms. The molecule has 0 aliphatic heterocycles. The Morgan fingerprint density at radius 2 is 1.71 bits per heavy atom. The first kappa shape index (κ1) is 13.9. The van der Waals surface area contributed by atoms with E-state index in [-0.39, 0.29) is 17.4 Å². The van der Waals surface area contributed by atoms with Crippen molar-refractivity contribution in [1.82, 2.24) is 0 Å². The number of nitrogens with two attached hydrogens (primary N) is 1.